The minimum atomic E-state index is -0.694. The highest BCUT2D eigenvalue weighted by molar-refractivity contribution is 7.22. The molecular formula is C16H12F2N4O3S2. The van der Waals surface area contributed by atoms with Gasteiger partial charge in [0.15, 0.2) is 10.9 Å². The molecule has 1 saturated heterocycles. The molecule has 0 unspecified atom stereocenters. The van der Waals surface area contributed by atoms with Crippen molar-refractivity contribution in [2.24, 2.45) is 0 Å². The molecule has 1 amide bonds. The lowest BCUT2D eigenvalue weighted by Gasteiger charge is -2.34. The predicted octanol–water partition coefficient (Wildman–Crippen LogP) is 3.51. The van der Waals surface area contributed by atoms with Crippen molar-refractivity contribution in [1.29, 1.82) is 0 Å². The number of hydrogen-bond acceptors (Lipinski definition) is 7. The smallest absolute Gasteiger partial charge is 0.324 e. The van der Waals surface area contributed by atoms with Gasteiger partial charge in [0.2, 0.25) is 0 Å². The van der Waals surface area contributed by atoms with Crippen molar-refractivity contribution < 1.29 is 18.5 Å². The van der Waals surface area contributed by atoms with Crippen molar-refractivity contribution in [3.05, 3.63) is 50.9 Å². The number of piperazine rings is 1. The molecule has 11 heteroatoms. The number of nitrogens with zero attached hydrogens (tertiary/aromatic N) is 4. The highest BCUT2D eigenvalue weighted by Gasteiger charge is 2.26. The fourth-order valence-electron chi connectivity index (χ4n) is 2.88. The first kappa shape index (κ1) is 17.7. The second-order valence-corrected chi connectivity index (χ2v) is 7.98. The number of rotatable bonds is 3. The standard InChI is InChI=1S/C16H12F2N4O3S2/c17-9-7-10(18)14-12(8-9)27-16(19-14)21-5-3-20(4-6-21)15(23)11-1-2-13(26-11)22(24)25/h1-2,7-8H,3-6H2. The van der Waals surface area contributed by atoms with Gasteiger partial charge < -0.3 is 9.80 Å². The number of amides is 1. The summed E-state index contributed by atoms with van der Waals surface area (Å²) in [4.78, 5) is 30.9. The molecule has 2 aromatic heterocycles. The third-order valence-corrected chi connectivity index (χ3v) is 6.31. The number of fused-ring (bicyclic) bond motifs is 1. The summed E-state index contributed by atoms with van der Waals surface area (Å²) in [5.74, 6) is -1.58. The largest absolute Gasteiger partial charge is 0.345 e. The predicted molar refractivity (Wildman–Crippen MR) is 98.6 cm³/mol. The summed E-state index contributed by atoms with van der Waals surface area (Å²) in [6, 6.07) is 4.84. The van der Waals surface area contributed by atoms with E-state index in [0.717, 1.165) is 17.4 Å². The molecule has 4 rings (SSSR count). The molecule has 3 heterocycles. The topological polar surface area (TPSA) is 79.6 Å². The maximum Gasteiger partial charge on any atom is 0.324 e. The lowest BCUT2D eigenvalue weighted by molar-refractivity contribution is -0.380. The van der Waals surface area contributed by atoms with Gasteiger partial charge in [0, 0.05) is 38.3 Å². The summed E-state index contributed by atoms with van der Waals surface area (Å²) in [7, 11) is 0. The van der Waals surface area contributed by atoms with Crippen molar-refractivity contribution in [2.45, 2.75) is 0 Å². The van der Waals surface area contributed by atoms with Gasteiger partial charge in [-0.3, -0.25) is 14.9 Å². The van der Waals surface area contributed by atoms with Crippen LogP contribution >= 0.6 is 22.7 Å². The number of hydrogen-bond donors (Lipinski definition) is 0. The van der Waals surface area contributed by atoms with E-state index in [4.69, 9.17) is 0 Å². The first-order chi connectivity index (χ1) is 12.9. The van der Waals surface area contributed by atoms with E-state index in [0.29, 0.717) is 40.9 Å². The average molecular weight is 410 g/mol. The molecular weight excluding hydrogens is 398 g/mol. The van der Waals surface area contributed by atoms with Gasteiger partial charge in [-0.1, -0.05) is 22.7 Å². The van der Waals surface area contributed by atoms with E-state index in [9.17, 15) is 23.7 Å². The van der Waals surface area contributed by atoms with Crippen LogP contribution in [0.2, 0.25) is 0 Å². The summed E-state index contributed by atoms with van der Waals surface area (Å²) in [5.41, 5.74) is 0.140. The van der Waals surface area contributed by atoms with Crippen LogP contribution in [-0.4, -0.2) is 46.9 Å². The lowest BCUT2D eigenvalue weighted by atomic mass is 10.3. The lowest BCUT2D eigenvalue weighted by Crippen LogP contribution is -2.48. The number of nitro groups is 1. The van der Waals surface area contributed by atoms with Crippen LogP contribution in [-0.2, 0) is 0 Å². The molecule has 0 atom stereocenters. The molecule has 1 aliphatic rings. The fourth-order valence-corrected chi connectivity index (χ4v) is 4.72. The zero-order valence-corrected chi connectivity index (χ0v) is 15.4. The summed E-state index contributed by atoms with van der Waals surface area (Å²) < 4.78 is 27.6. The van der Waals surface area contributed by atoms with Crippen molar-refractivity contribution >= 4 is 48.9 Å². The maximum absolute atomic E-state index is 13.8. The van der Waals surface area contributed by atoms with Crippen molar-refractivity contribution in [1.82, 2.24) is 9.88 Å². The molecule has 1 aliphatic heterocycles. The molecule has 1 aromatic carbocycles. The number of carbonyl (C=O) groups excluding carboxylic acids is 1. The summed E-state index contributed by atoms with van der Waals surface area (Å²) in [5, 5.41) is 11.3. The summed E-state index contributed by atoms with van der Waals surface area (Å²) in [6.45, 7) is 1.81. The number of thiophene rings is 1. The van der Waals surface area contributed by atoms with Crippen LogP contribution in [0.4, 0.5) is 18.9 Å². The molecule has 27 heavy (non-hydrogen) atoms. The number of halogens is 2. The Morgan fingerprint density at radius 2 is 1.89 bits per heavy atom. The van der Waals surface area contributed by atoms with Gasteiger partial charge in [0.25, 0.3) is 5.91 Å². The normalized spacial score (nSPS) is 14.7. The van der Waals surface area contributed by atoms with Crippen LogP contribution in [0.15, 0.2) is 24.3 Å². The highest BCUT2D eigenvalue weighted by Crippen LogP contribution is 2.32. The van der Waals surface area contributed by atoms with Gasteiger partial charge in [0.1, 0.15) is 11.3 Å². The van der Waals surface area contributed by atoms with E-state index in [2.05, 4.69) is 4.98 Å². The van der Waals surface area contributed by atoms with Gasteiger partial charge in [0.05, 0.1) is 14.5 Å². The number of thiazole rings is 1. The molecule has 0 saturated carbocycles. The number of carbonyl (C=O) groups is 1. The second-order valence-electron chi connectivity index (χ2n) is 5.91. The Morgan fingerprint density at radius 1 is 1.15 bits per heavy atom. The summed E-state index contributed by atoms with van der Waals surface area (Å²) in [6.07, 6.45) is 0. The quantitative estimate of drug-likeness (QED) is 0.488. The van der Waals surface area contributed by atoms with Crippen LogP contribution in [0.25, 0.3) is 10.2 Å². The first-order valence-corrected chi connectivity index (χ1v) is 9.60. The molecule has 0 spiro atoms. The minimum Gasteiger partial charge on any atom is -0.345 e. The van der Waals surface area contributed by atoms with E-state index in [1.165, 1.54) is 29.5 Å². The zero-order valence-electron chi connectivity index (χ0n) is 13.7. The molecule has 3 aromatic rings. The second kappa shape index (κ2) is 6.82. The van der Waals surface area contributed by atoms with E-state index in [1.54, 1.807) is 4.90 Å². The Bertz CT molecular complexity index is 1040. The molecule has 7 nitrogen and oxygen atoms in total. The maximum atomic E-state index is 13.8. The molecule has 1 fully saturated rings. The van der Waals surface area contributed by atoms with Crippen LogP contribution in [0.3, 0.4) is 0 Å². The Kier molecular flexibility index (Phi) is 4.48. The monoisotopic (exact) mass is 410 g/mol. The van der Waals surface area contributed by atoms with Gasteiger partial charge >= 0.3 is 5.00 Å². The number of benzene rings is 1. The number of aromatic nitrogens is 1. The Balaban J connectivity index is 1.46. The SMILES string of the molecule is O=C(c1ccc([N+](=O)[O-])s1)N1CCN(c2nc3c(F)cc(F)cc3s2)CC1. The van der Waals surface area contributed by atoms with Crippen molar-refractivity contribution in [2.75, 3.05) is 31.1 Å². The molecule has 140 valence electrons. The summed E-state index contributed by atoms with van der Waals surface area (Å²) >= 11 is 2.06. The van der Waals surface area contributed by atoms with Crippen molar-refractivity contribution in [3.63, 3.8) is 0 Å². The molecule has 0 aliphatic carbocycles. The number of anilines is 1. The molecule has 0 N–H and O–H groups in total. The van der Waals surface area contributed by atoms with Gasteiger partial charge in [-0.25, -0.2) is 13.8 Å². The molecule has 0 radical (unpaired) electrons. The van der Waals surface area contributed by atoms with Gasteiger partial charge in [-0.15, -0.1) is 0 Å². The van der Waals surface area contributed by atoms with E-state index >= 15 is 0 Å². The highest BCUT2D eigenvalue weighted by atomic mass is 32.1. The van der Waals surface area contributed by atoms with Crippen LogP contribution in [0.5, 0.6) is 0 Å². The average Bonchev–Trinajstić information content (AvgIpc) is 3.28. The zero-order chi connectivity index (χ0) is 19.1. The van der Waals surface area contributed by atoms with E-state index in [-0.39, 0.29) is 16.4 Å². The van der Waals surface area contributed by atoms with Gasteiger partial charge in [-0.2, -0.15) is 0 Å². The minimum absolute atomic E-state index is 0.0688. The van der Waals surface area contributed by atoms with Crippen LogP contribution in [0, 0.1) is 21.7 Å². The van der Waals surface area contributed by atoms with Crippen LogP contribution in [0.1, 0.15) is 9.67 Å². The Hall–Kier alpha value is -2.66. The first-order valence-electron chi connectivity index (χ1n) is 7.96. The van der Waals surface area contributed by atoms with Crippen molar-refractivity contribution in [3.8, 4) is 0 Å². The molecule has 0 bridgehead atoms. The fraction of sp³-hybridized carbons (Fsp3) is 0.250. The van der Waals surface area contributed by atoms with E-state index in [1.807, 2.05) is 4.90 Å². The Labute approximate surface area is 159 Å². The van der Waals surface area contributed by atoms with Crippen LogP contribution < -0.4 is 4.90 Å². The van der Waals surface area contributed by atoms with Gasteiger partial charge in [-0.05, 0) is 12.1 Å². The third kappa shape index (κ3) is 3.35. The Morgan fingerprint density at radius 3 is 2.56 bits per heavy atom. The third-order valence-electron chi connectivity index (χ3n) is 4.22. The van der Waals surface area contributed by atoms with E-state index < -0.39 is 16.6 Å².